The Morgan fingerprint density at radius 3 is 2.29 bits per heavy atom. The van der Waals surface area contributed by atoms with Crippen molar-refractivity contribution in [2.24, 2.45) is 0 Å². The fourth-order valence-electron chi connectivity index (χ4n) is 5.77. The fraction of sp³-hybridized carbons (Fsp3) is 0.438. The number of carbonyl (C=O) groups is 3. The van der Waals surface area contributed by atoms with Gasteiger partial charge >= 0.3 is 18.2 Å². The van der Waals surface area contributed by atoms with Gasteiger partial charge in [0, 0.05) is 18.5 Å². The van der Waals surface area contributed by atoms with Gasteiger partial charge in [-0.15, -0.1) is 0 Å². The van der Waals surface area contributed by atoms with E-state index < -0.39 is 23.8 Å². The Hall–Kier alpha value is -4.34. The highest BCUT2D eigenvalue weighted by Gasteiger charge is 2.42. The van der Waals surface area contributed by atoms with Crippen LogP contribution in [0, 0.1) is 0 Å². The summed E-state index contributed by atoms with van der Waals surface area (Å²) in [4.78, 5) is 42.1. The average molecular weight is 576 g/mol. The maximum Gasteiger partial charge on any atom is 0.410 e. The SMILES string of the molecule is CCOC(=O)c1cc(CN(C(=O)OCC2c3ccccc3-c3ccccc32)[C@H]2CCN(C(=O)OC(C)(C)C)[C@@H]2C)on1. The van der Waals surface area contributed by atoms with Crippen LogP contribution in [0.1, 0.15) is 74.3 Å². The van der Waals surface area contributed by atoms with Crippen LogP contribution >= 0.6 is 0 Å². The van der Waals surface area contributed by atoms with Gasteiger partial charge in [0.15, 0.2) is 11.5 Å². The molecule has 3 aromatic rings. The van der Waals surface area contributed by atoms with Crippen molar-refractivity contribution in [3.63, 3.8) is 0 Å². The van der Waals surface area contributed by atoms with E-state index in [1.807, 2.05) is 52.0 Å². The molecule has 1 fully saturated rings. The summed E-state index contributed by atoms with van der Waals surface area (Å²) in [6, 6.07) is 17.0. The minimum absolute atomic E-state index is 0.000242. The smallest absolute Gasteiger partial charge is 0.410 e. The molecule has 0 radical (unpaired) electrons. The molecule has 1 aliphatic heterocycles. The molecule has 2 heterocycles. The molecule has 2 aromatic carbocycles. The molecule has 42 heavy (non-hydrogen) atoms. The topological polar surface area (TPSA) is 111 Å². The molecule has 0 bridgehead atoms. The average Bonchev–Trinajstić information content (AvgIpc) is 3.66. The van der Waals surface area contributed by atoms with E-state index >= 15 is 0 Å². The van der Waals surface area contributed by atoms with Crippen LogP contribution in [-0.2, 0) is 20.8 Å². The lowest BCUT2D eigenvalue weighted by Crippen LogP contribution is -2.48. The summed E-state index contributed by atoms with van der Waals surface area (Å²) in [5.74, 6) is -0.414. The molecule has 5 rings (SSSR count). The number of esters is 1. The van der Waals surface area contributed by atoms with E-state index in [0.29, 0.717) is 18.7 Å². The van der Waals surface area contributed by atoms with E-state index in [1.54, 1.807) is 16.7 Å². The van der Waals surface area contributed by atoms with Crippen LogP contribution in [0.4, 0.5) is 9.59 Å². The lowest BCUT2D eigenvalue weighted by Gasteiger charge is -2.33. The van der Waals surface area contributed by atoms with E-state index in [4.69, 9.17) is 18.7 Å². The van der Waals surface area contributed by atoms with E-state index in [9.17, 15) is 14.4 Å². The molecule has 2 aliphatic rings. The molecule has 0 spiro atoms. The van der Waals surface area contributed by atoms with E-state index in [2.05, 4.69) is 29.4 Å². The van der Waals surface area contributed by atoms with Gasteiger partial charge in [0.05, 0.1) is 25.2 Å². The summed E-state index contributed by atoms with van der Waals surface area (Å²) in [7, 11) is 0. The number of aromatic nitrogens is 1. The molecule has 2 atom stereocenters. The van der Waals surface area contributed by atoms with Crippen LogP contribution in [0.25, 0.3) is 11.1 Å². The second-order valence-electron chi connectivity index (χ2n) is 11.6. The Kier molecular flexibility index (Phi) is 8.24. The minimum atomic E-state index is -0.648. The largest absolute Gasteiger partial charge is 0.461 e. The molecule has 10 nitrogen and oxygen atoms in total. The summed E-state index contributed by atoms with van der Waals surface area (Å²) in [6.07, 6.45) is -0.466. The highest BCUT2D eigenvalue weighted by Crippen LogP contribution is 2.44. The number of rotatable bonds is 7. The number of ether oxygens (including phenoxy) is 3. The summed E-state index contributed by atoms with van der Waals surface area (Å²) in [5, 5.41) is 3.82. The van der Waals surface area contributed by atoms with Crippen molar-refractivity contribution in [1.82, 2.24) is 15.0 Å². The molecule has 0 N–H and O–H groups in total. The molecule has 0 unspecified atom stereocenters. The molecule has 2 amide bonds. The molecule has 222 valence electrons. The van der Waals surface area contributed by atoms with Crippen molar-refractivity contribution in [2.75, 3.05) is 19.8 Å². The zero-order valence-electron chi connectivity index (χ0n) is 24.7. The monoisotopic (exact) mass is 575 g/mol. The van der Waals surface area contributed by atoms with Crippen LogP contribution in [-0.4, -0.2) is 70.6 Å². The second-order valence-corrected chi connectivity index (χ2v) is 11.6. The summed E-state index contributed by atoms with van der Waals surface area (Å²) in [5.41, 5.74) is 3.86. The van der Waals surface area contributed by atoms with Crippen molar-refractivity contribution in [3.8, 4) is 11.1 Å². The molecular weight excluding hydrogens is 538 g/mol. The summed E-state index contributed by atoms with van der Waals surface area (Å²) in [6.45, 7) is 9.80. The van der Waals surface area contributed by atoms with Crippen molar-refractivity contribution < 1.29 is 33.1 Å². The zero-order valence-corrected chi connectivity index (χ0v) is 24.7. The number of hydrogen-bond donors (Lipinski definition) is 0. The first-order valence-corrected chi connectivity index (χ1v) is 14.3. The minimum Gasteiger partial charge on any atom is -0.461 e. The molecule has 0 saturated carbocycles. The fourth-order valence-corrected chi connectivity index (χ4v) is 5.77. The zero-order chi connectivity index (χ0) is 30.0. The van der Waals surface area contributed by atoms with Crippen LogP contribution in [0.5, 0.6) is 0 Å². The van der Waals surface area contributed by atoms with Gasteiger partial charge < -0.3 is 23.6 Å². The third-order valence-electron chi connectivity index (χ3n) is 7.68. The predicted molar refractivity (Wildman–Crippen MR) is 154 cm³/mol. The second kappa shape index (κ2) is 11.9. The van der Waals surface area contributed by atoms with Gasteiger partial charge in [-0.05, 0) is 63.3 Å². The Morgan fingerprint density at radius 2 is 1.67 bits per heavy atom. The van der Waals surface area contributed by atoms with Gasteiger partial charge in [-0.1, -0.05) is 53.7 Å². The van der Waals surface area contributed by atoms with Gasteiger partial charge in [-0.2, -0.15) is 0 Å². The van der Waals surface area contributed by atoms with Crippen LogP contribution in [0.3, 0.4) is 0 Å². The number of hydrogen-bond acceptors (Lipinski definition) is 8. The Bertz CT molecular complexity index is 1410. The highest BCUT2D eigenvalue weighted by molar-refractivity contribution is 5.87. The first-order valence-electron chi connectivity index (χ1n) is 14.3. The normalized spacial score (nSPS) is 17.9. The van der Waals surface area contributed by atoms with Gasteiger partial charge in [0.1, 0.15) is 12.2 Å². The predicted octanol–water partition coefficient (Wildman–Crippen LogP) is 6.00. The lowest BCUT2D eigenvalue weighted by molar-refractivity contribution is 0.0184. The van der Waals surface area contributed by atoms with Crippen LogP contribution in [0.15, 0.2) is 59.1 Å². The third-order valence-corrected chi connectivity index (χ3v) is 7.68. The molecule has 1 saturated heterocycles. The van der Waals surface area contributed by atoms with E-state index in [0.717, 1.165) is 22.3 Å². The highest BCUT2D eigenvalue weighted by atomic mass is 16.6. The Labute approximate surface area is 245 Å². The third kappa shape index (κ3) is 5.98. The van der Waals surface area contributed by atoms with Crippen molar-refractivity contribution >= 4 is 18.2 Å². The molecular formula is C32H37N3O7. The summed E-state index contributed by atoms with van der Waals surface area (Å²) < 4.78 is 22.0. The Morgan fingerprint density at radius 1 is 1.02 bits per heavy atom. The van der Waals surface area contributed by atoms with Gasteiger partial charge in [0.25, 0.3) is 0 Å². The van der Waals surface area contributed by atoms with Crippen molar-refractivity contribution in [3.05, 3.63) is 77.2 Å². The van der Waals surface area contributed by atoms with Crippen molar-refractivity contribution in [1.29, 1.82) is 0 Å². The molecule has 1 aromatic heterocycles. The standard InChI is InChI=1S/C32H37N3O7/c1-6-39-29(36)27-17-21(42-33-27)18-35(28-15-16-34(20(28)2)31(38)41-32(3,4)5)30(37)40-19-26-24-13-9-7-11-22(24)23-12-8-10-14-25(23)26/h7-14,17,20,26,28H,6,15-16,18-19H2,1-5H3/t20-,28+/m1/s1. The number of benzene rings is 2. The first-order chi connectivity index (χ1) is 20.1. The van der Waals surface area contributed by atoms with Gasteiger partial charge in [-0.3, -0.25) is 4.90 Å². The quantitative estimate of drug-likeness (QED) is 0.249. The first kappa shape index (κ1) is 29.2. The maximum atomic E-state index is 13.8. The maximum absolute atomic E-state index is 13.8. The number of carbonyl (C=O) groups excluding carboxylic acids is 3. The Balaban J connectivity index is 1.37. The lowest BCUT2D eigenvalue weighted by atomic mass is 9.98. The summed E-state index contributed by atoms with van der Waals surface area (Å²) >= 11 is 0. The number of likely N-dealkylation sites (tertiary alicyclic amines) is 1. The van der Waals surface area contributed by atoms with Crippen LogP contribution in [0.2, 0.25) is 0 Å². The number of amides is 2. The number of fused-ring (bicyclic) bond motifs is 3. The molecule has 10 heteroatoms. The van der Waals surface area contributed by atoms with Crippen LogP contribution < -0.4 is 0 Å². The molecule has 1 aliphatic carbocycles. The van der Waals surface area contributed by atoms with Crippen molar-refractivity contribution in [2.45, 2.75) is 71.2 Å². The van der Waals surface area contributed by atoms with E-state index in [1.165, 1.54) is 6.07 Å². The van der Waals surface area contributed by atoms with E-state index in [-0.39, 0.29) is 43.5 Å². The van der Waals surface area contributed by atoms with Gasteiger partial charge in [-0.25, -0.2) is 14.4 Å². The number of nitrogens with zero attached hydrogens (tertiary/aromatic N) is 3. The van der Waals surface area contributed by atoms with Gasteiger partial charge in [0.2, 0.25) is 0 Å².